The Balaban J connectivity index is 1.65. The third-order valence-electron chi connectivity index (χ3n) is 4.28. The molecule has 1 saturated heterocycles. The number of hydrogen-bond acceptors (Lipinski definition) is 4. The van der Waals surface area contributed by atoms with E-state index in [2.05, 4.69) is 43.1 Å². The van der Waals surface area contributed by atoms with E-state index in [1.54, 1.807) is 18.3 Å². The molecule has 1 aliphatic heterocycles. The lowest BCUT2D eigenvalue weighted by atomic mass is 10.2. The molecular weight excluding hydrogens is 387 g/mol. The van der Waals surface area contributed by atoms with Crippen molar-refractivity contribution in [2.45, 2.75) is 6.54 Å². The van der Waals surface area contributed by atoms with Crippen molar-refractivity contribution in [1.82, 2.24) is 15.2 Å². The predicted octanol–water partition coefficient (Wildman–Crippen LogP) is 2.67. The summed E-state index contributed by atoms with van der Waals surface area (Å²) in [5, 5.41) is 2.77. The van der Waals surface area contributed by atoms with Crippen LogP contribution in [0.15, 0.2) is 41.0 Å². The number of amides is 1. The topological polar surface area (TPSA) is 48.5 Å². The first-order chi connectivity index (χ1) is 12.0. The van der Waals surface area contributed by atoms with E-state index in [1.807, 2.05) is 12.1 Å². The van der Waals surface area contributed by atoms with Crippen LogP contribution in [-0.4, -0.2) is 49.0 Å². The fraction of sp³-hybridized carbons (Fsp3) is 0.333. The molecule has 1 aliphatic rings. The average molecular weight is 407 g/mol. The lowest BCUT2D eigenvalue weighted by Gasteiger charge is -2.33. The number of halogens is 2. The Morgan fingerprint density at radius 2 is 2.04 bits per heavy atom. The number of piperazine rings is 1. The maximum absolute atomic E-state index is 13.9. The summed E-state index contributed by atoms with van der Waals surface area (Å²) in [5.74, 6) is -0.0745. The molecule has 0 spiro atoms. The van der Waals surface area contributed by atoms with Gasteiger partial charge in [-0.3, -0.25) is 4.79 Å². The van der Waals surface area contributed by atoms with Crippen LogP contribution in [0.3, 0.4) is 0 Å². The summed E-state index contributed by atoms with van der Waals surface area (Å²) >= 11 is 3.22. The second kappa shape index (κ2) is 7.93. The van der Waals surface area contributed by atoms with Crippen LogP contribution in [0.2, 0.25) is 0 Å². The summed E-state index contributed by atoms with van der Waals surface area (Å²) in [5.41, 5.74) is 0.959. The molecule has 0 saturated carbocycles. The van der Waals surface area contributed by atoms with Gasteiger partial charge in [0.2, 0.25) is 0 Å². The molecule has 25 heavy (non-hydrogen) atoms. The fourth-order valence-corrected chi connectivity index (χ4v) is 3.29. The number of likely N-dealkylation sites (N-methyl/N-ethyl adjacent to an activating group) is 1. The largest absolute Gasteiger partial charge is 0.354 e. The highest BCUT2D eigenvalue weighted by Gasteiger charge is 2.17. The SMILES string of the molecule is CN1CCN(c2cc(CNC(=O)c3c(F)cccc3Br)ccn2)CC1. The van der Waals surface area contributed by atoms with Crippen molar-refractivity contribution in [3.05, 3.63) is 57.9 Å². The molecule has 1 aromatic heterocycles. The summed E-state index contributed by atoms with van der Waals surface area (Å²) in [6.45, 7) is 4.19. The molecule has 1 aromatic carbocycles. The Bertz CT molecular complexity index is 742. The molecule has 1 fully saturated rings. The number of nitrogens with zero attached hydrogens (tertiary/aromatic N) is 3. The highest BCUT2D eigenvalue weighted by molar-refractivity contribution is 9.10. The van der Waals surface area contributed by atoms with Crippen LogP contribution in [0.1, 0.15) is 15.9 Å². The van der Waals surface area contributed by atoms with Crippen molar-refractivity contribution in [2.24, 2.45) is 0 Å². The van der Waals surface area contributed by atoms with Crippen molar-refractivity contribution in [3.8, 4) is 0 Å². The van der Waals surface area contributed by atoms with Gasteiger partial charge in [-0.2, -0.15) is 0 Å². The minimum Gasteiger partial charge on any atom is -0.354 e. The molecule has 2 aromatic rings. The van der Waals surface area contributed by atoms with Crippen molar-refractivity contribution in [2.75, 3.05) is 38.1 Å². The van der Waals surface area contributed by atoms with E-state index < -0.39 is 11.7 Å². The smallest absolute Gasteiger partial charge is 0.255 e. The van der Waals surface area contributed by atoms with E-state index in [-0.39, 0.29) is 5.56 Å². The van der Waals surface area contributed by atoms with Gasteiger partial charge < -0.3 is 15.1 Å². The Kier molecular flexibility index (Phi) is 5.65. The molecule has 0 unspecified atom stereocenters. The Morgan fingerprint density at radius 1 is 1.28 bits per heavy atom. The highest BCUT2D eigenvalue weighted by Crippen LogP contribution is 2.20. The fourth-order valence-electron chi connectivity index (χ4n) is 2.76. The molecule has 0 bridgehead atoms. The molecule has 1 N–H and O–H groups in total. The predicted molar refractivity (Wildman–Crippen MR) is 99.2 cm³/mol. The van der Waals surface area contributed by atoms with Crippen molar-refractivity contribution in [3.63, 3.8) is 0 Å². The molecular formula is C18H20BrFN4O. The molecule has 0 radical (unpaired) electrons. The number of carbonyl (C=O) groups excluding carboxylic acids is 1. The average Bonchev–Trinajstić information content (AvgIpc) is 2.61. The van der Waals surface area contributed by atoms with E-state index >= 15 is 0 Å². The quantitative estimate of drug-likeness (QED) is 0.847. The van der Waals surface area contributed by atoms with Gasteiger partial charge in [0.05, 0.1) is 5.56 Å². The summed E-state index contributed by atoms with van der Waals surface area (Å²) < 4.78 is 14.3. The van der Waals surface area contributed by atoms with Gasteiger partial charge in [0, 0.05) is 43.4 Å². The van der Waals surface area contributed by atoms with Gasteiger partial charge in [0.25, 0.3) is 5.91 Å². The zero-order valence-electron chi connectivity index (χ0n) is 14.0. The van der Waals surface area contributed by atoms with Gasteiger partial charge in [0.15, 0.2) is 0 Å². The highest BCUT2D eigenvalue weighted by atomic mass is 79.9. The number of aromatic nitrogens is 1. The number of nitrogens with one attached hydrogen (secondary N) is 1. The first kappa shape index (κ1) is 17.8. The van der Waals surface area contributed by atoms with Gasteiger partial charge in [-0.15, -0.1) is 0 Å². The summed E-state index contributed by atoms with van der Waals surface area (Å²) in [6.07, 6.45) is 1.74. The molecule has 5 nitrogen and oxygen atoms in total. The molecule has 0 aliphatic carbocycles. The number of rotatable bonds is 4. The minimum absolute atomic E-state index is 0.0239. The van der Waals surface area contributed by atoms with Crippen molar-refractivity contribution in [1.29, 1.82) is 0 Å². The number of anilines is 1. The van der Waals surface area contributed by atoms with Gasteiger partial charge in [-0.1, -0.05) is 6.07 Å². The standard InChI is InChI=1S/C18H20BrFN4O/c1-23-7-9-24(10-8-23)16-11-13(5-6-21-16)12-22-18(25)17-14(19)3-2-4-15(17)20/h2-6,11H,7-10,12H2,1H3,(H,22,25). The second-order valence-electron chi connectivity index (χ2n) is 6.09. The van der Waals surface area contributed by atoms with Crippen LogP contribution < -0.4 is 10.2 Å². The normalized spacial score (nSPS) is 15.2. The van der Waals surface area contributed by atoms with Crippen molar-refractivity contribution >= 4 is 27.7 Å². The van der Waals surface area contributed by atoms with E-state index in [1.165, 1.54) is 6.07 Å². The van der Waals surface area contributed by atoms with E-state index in [4.69, 9.17) is 0 Å². The second-order valence-corrected chi connectivity index (χ2v) is 6.95. The molecule has 1 amide bonds. The van der Waals surface area contributed by atoms with Crippen LogP contribution in [0.5, 0.6) is 0 Å². The lowest BCUT2D eigenvalue weighted by Crippen LogP contribution is -2.44. The zero-order valence-corrected chi connectivity index (χ0v) is 15.6. The van der Waals surface area contributed by atoms with Crippen LogP contribution in [0.4, 0.5) is 10.2 Å². The Labute approximate surface area is 155 Å². The maximum atomic E-state index is 13.9. The summed E-state index contributed by atoms with van der Waals surface area (Å²) in [4.78, 5) is 21.2. The van der Waals surface area contributed by atoms with Gasteiger partial charge in [-0.25, -0.2) is 9.37 Å². The van der Waals surface area contributed by atoms with Gasteiger partial charge in [-0.05, 0) is 52.8 Å². The lowest BCUT2D eigenvalue weighted by molar-refractivity contribution is 0.0946. The van der Waals surface area contributed by atoms with Crippen LogP contribution >= 0.6 is 15.9 Å². The van der Waals surface area contributed by atoms with Crippen molar-refractivity contribution < 1.29 is 9.18 Å². The zero-order chi connectivity index (χ0) is 17.8. The molecule has 2 heterocycles. The van der Waals surface area contributed by atoms with Crippen LogP contribution in [0, 0.1) is 5.82 Å². The third-order valence-corrected chi connectivity index (χ3v) is 4.94. The molecule has 3 rings (SSSR count). The van der Waals surface area contributed by atoms with Crippen LogP contribution in [0.25, 0.3) is 0 Å². The molecule has 7 heteroatoms. The Morgan fingerprint density at radius 3 is 2.76 bits per heavy atom. The number of carbonyl (C=O) groups is 1. The molecule has 0 atom stereocenters. The monoisotopic (exact) mass is 406 g/mol. The van der Waals surface area contributed by atoms with Gasteiger partial charge in [0.1, 0.15) is 11.6 Å². The number of hydrogen-bond donors (Lipinski definition) is 1. The minimum atomic E-state index is -0.542. The number of pyridine rings is 1. The first-order valence-corrected chi connectivity index (χ1v) is 8.94. The van der Waals surface area contributed by atoms with Crippen LogP contribution in [-0.2, 0) is 6.54 Å². The molecule has 132 valence electrons. The van der Waals surface area contributed by atoms with E-state index in [0.717, 1.165) is 37.6 Å². The van der Waals surface area contributed by atoms with E-state index in [9.17, 15) is 9.18 Å². The van der Waals surface area contributed by atoms with E-state index in [0.29, 0.717) is 11.0 Å². The number of benzene rings is 1. The maximum Gasteiger partial charge on any atom is 0.255 e. The first-order valence-electron chi connectivity index (χ1n) is 8.15. The summed E-state index contributed by atoms with van der Waals surface area (Å²) in [7, 11) is 2.11. The Hall–Kier alpha value is -1.99. The third kappa shape index (κ3) is 4.35. The van der Waals surface area contributed by atoms with Gasteiger partial charge >= 0.3 is 0 Å². The summed E-state index contributed by atoms with van der Waals surface area (Å²) in [6, 6.07) is 8.31.